The van der Waals surface area contributed by atoms with Gasteiger partial charge < -0.3 is 10.6 Å². The standard InChI is InChI=1S/C15H22ClN3O2/c1-5-6-11-7-10(8-12(16)19-11)13(20)18-9-15(2,3)14(21)17-4/h7-8H,5-6,9H2,1-4H3,(H,17,21)(H,18,20). The smallest absolute Gasteiger partial charge is 0.251 e. The van der Waals surface area contributed by atoms with Crippen LogP contribution < -0.4 is 10.6 Å². The van der Waals surface area contributed by atoms with Gasteiger partial charge in [-0.25, -0.2) is 4.98 Å². The van der Waals surface area contributed by atoms with Gasteiger partial charge in [-0.3, -0.25) is 9.59 Å². The lowest BCUT2D eigenvalue weighted by Gasteiger charge is -2.22. The van der Waals surface area contributed by atoms with Gasteiger partial charge in [0.05, 0.1) is 5.41 Å². The van der Waals surface area contributed by atoms with E-state index < -0.39 is 5.41 Å². The lowest BCUT2D eigenvalue weighted by molar-refractivity contribution is -0.128. The molecular formula is C15H22ClN3O2. The quantitative estimate of drug-likeness (QED) is 0.791. The lowest BCUT2D eigenvalue weighted by Crippen LogP contribution is -2.43. The third-order valence-corrected chi connectivity index (χ3v) is 3.34. The van der Waals surface area contributed by atoms with Crippen LogP contribution in [0.15, 0.2) is 12.1 Å². The van der Waals surface area contributed by atoms with Crippen LogP contribution in [-0.2, 0) is 11.2 Å². The lowest BCUT2D eigenvalue weighted by atomic mass is 9.92. The molecule has 1 heterocycles. The van der Waals surface area contributed by atoms with Crippen LogP contribution in [0.25, 0.3) is 0 Å². The topological polar surface area (TPSA) is 71.1 Å². The summed E-state index contributed by atoms with van der Waals surface area (Å²) in [5, 5.41) is 5.65. The molecule has 0 atom stereocenters. The van der Waals surface area contributed by atoms with E-state index in [1.165, 1.54) is 6.07 Å². The van der Waals surface area contributed by atoms with E-state index in [0.29, 0.717) is 10.7 Å². The van der Waals surface area contributed by atoms with Crippen LogP contribution in [0.3, 0.4) is 0 Å². The Morgan fingerprint density at radius 1 is 1.33 bits per heavy atom. The Morgan fingerprint density at radius 2 is 2.00 bits per heavy atom. The van der Waals surface area contributed by atoms with Gasteiger partial charge in [-0.15, -0.1) is 0 Å². The molecule has 1 aromatic heterocycles. The van der Waals surface area contributed by atoms with Gasteiger partial charge in [0, 0.05) is 24.8 Å². The zero-order valence-electron chi connectivity index (χ0n) is 12.9. The molecule has 0 aliphatic carbocycles. The van der Waals surface area contributed by atoms with Crippen LogP contribution in [0.5, 0.6) is 0 Å². The average molecular weight is 312 g/mol. The van der Waals surface area contributed by atoms with Crippen LogP contribution in [0, 0.1) is 5.41 Å². The summed E-state index contributed by atoms with van der Waals surface area (Å²) in [5.41, 5.74) is 0.583. The van der Waals surface area contributed by atoms with E-state index in [9.17, 15) is 9.59 Å². The zero-order chi connectivity index (χ0) is 16.0. The maximum atomic E-state index is 12.2. The molecule has 0 bridgehead atoms. The first kappa shape index (κ1) is 17.4. The Morgan fingerprint density at radius 3 is 2.57 bits per heavy atom. The van der Waals surface area contributed by atoms with Gasteiger partial charge in [0.25, 0.3) is 5.91 Å². The highest BCUT2D eigenvalue weighted by Gasteiger charge is 2.27. The number of aryl methyl sites for hydroxylation is 1. The summed E-state index contributed by atoms with van der Waals surface area (Å²) in [7, 11) is 1.57. The molecule has 0 saturated carbocycles. The Bertz CT molecular complexity index is 530. The van der Waals surface area contributed by atoms with E-state index in [2.05, 4.69) is 15.6 Å². The number of amides is 2. The van der Waals surface area contributed by atoms with Gasteiger partial charge >= 0.3 is 0 Å². The van der Waals surface area contributed by atoms with Crippen molar-refractivity contribution in [1.29, 1.82) is 0 Å². The van der Waals surface area contributed by atoms with Gasteiger partial charge in [0.15, 0.2) is 0 Å². The first-order chi connectivity index (χ1) is 9.80. The number of carbonyl (C=O) groups excluding carboxylic acids is 2. The summed E-state index contributed by atoms with van der Waals surface area (Å²) in [6.07, 6.45) is 1.70. The molecule has 0 unspecified atom stereocenters. The molecule has 21 heavy (non-hydrogen) atoms. The number of hydrogen-bond acceptors (Lipinski definition) is 3. The van der Waals surface area contributed by atoms with Crippen molar-refractivity contribution in [3.05, 3.63) is 28.5 Å². The summed E-state index contributed by atoms with van der Waals surface area (Å²) < 4.78 is 0. The van der Waals surface area contributed by atoms with E-state index in [0.717, 1.165) is 18.5 Å². The second kappa shape index (κ2) is 7.41. The monoisotopic (exact) mass is 311 g/mol. The van der Waals surface area contributed by atoms with Crippen molar-refractivity contribution in [2.45, 2.75) is 33.6 Å². The number of halogens is 1. The molecule has 0 aliphatic heterocycles. The van der Waals surface area contributed by atoms with E-state index in [1.54, 1.807) is 27.0 Å². The molecule has 2 N–H and O–H groups in total. The third kappa shape index (κ3) is 5.01. The summed E-state index contributed by atoms with van der Waals surface area (Å²) in [4.78, 5) is 28.0. The molecule has 1 aromatic rings. The van der Waals surface area contributed by atoms with Crippen molar-refractivity contribution in [2.75, 3.05) is 13.6 Å². The number of hydrogen-bond donors (Lipinski definition) is 2. The molecule has 116 valence electrons. The number of aromatic nitrogens is 1. The fourth-order valence-electron chi connectivity index (χ4n) is 1.89. The van der Waals surface area contributed by atoms with Crippen LogP contribution in [0.2, 0.25) is 5.15 Å². The fourth-order valence-corrected chi connectivity index (χ4v) is 2.11. The molecule has 0 aromatic carbocycles. The van der Waals surface area contributed by atoms with E-state index in [1.807, 2.05) is 6.92 Å². The largest absolute Gasteiger partial charge is 0.359 e. The van der Waals surface area contributed by atoms with Gasteiger partial charge in [-0.2, -0.15) is 0 Å². The second-order valence-electron chi connectivity index (χ2n) is 5.57. The van der Waals surface area contributed by atoms with Crippen molar-refractivity contribution in [3.63, 3.8) is 0 Å². The van der Waals surface area contributed by atoms with Gasteiger partial charge in [-0.05, 0) is 32.4 Å². The van der Waals surface area contributed by atoms with Crippen molar-refractivity contribution in [1.82, 2.24) is 15.6 Å². The maximum Gasteiger partial charge on any atom is 0.251 e. The van der Waals surface area contributed by atoms with Gasteiger partial charge in [0.1, 0.15) is 5.15 Å². The van der Waals surface area contributed by atoms with Crippen molar-refractivity contribution in [3.8, 4) is 0 Å². The van der Waals surface area contributed by atoms with Crippen LogP contribution >= 0.6 is 11.6 Å². The molecule has 0 spiro atoms. The van der Waals surface area contributed by atoms with Gasteiger partial charge in [0.2, 0.25) is 5.91 Å². The average Bonchev–Trinajstić information content (AvgIpc) is 2.43. The highest BCUT2D eigenvalue weighted by Crippen LogP contribution is 2.15. The minimum atomic E-state index is -0.673. The Kier molecular flexibility index (Phi) is 6.15. The van der Waals surface area contributed by atoms with E-state index >= 15 is 0 Å². The minimum Gasteiger partial charge on any atom is -0.359 e. The molecule has 1 rings (SSSR count). The fraction of sp³-hybridized carbons (Fsp3) is 0.533. The summed E-state index contributed by atoms with van der Waals surface area (Å²) in [6, 6.07) is 3.26. The van der Waals surface area contributed by atoms with Crippen LogP contribution in [0.4, 0.5) is 0 Å². The van der Waals surface area contributed by atoms with Crippen molar-refractivity contribution in [2.24, 2.45) is 5.41 Å². The SMILES string of the molecule is CCCc1cc(C(=O)NCC(C)(C)C(=O)NC)cc(Cl)n1. The number of nitrogens with zero attached hydrogens (tertiary/aromatic N) is 1. The molecule has 6 heteroatoms. The van der Waals surface area contributed by atoms with Crippen LogP contribution in [0.1, 0.15) is 43.2 Å². The number of nitrogens with one attached hydrogen (secondary N) is 2. The predicted octanol–water partition coefficient (Wildman–Crippen LogP) is 2.19. The molecule has 2 amide bonds. The molecule has 5 nitrogen and oxygen atoms in total. The Balaban J connectivity index is 2.78. The molecule has 0 saturated heterocycles. The minimum absolute atomic E-state index is 0.123. The summed E-state index contributed by atoms with van der Waals surface area (Å²) in [5.74, 6) is -0.379. The van der Waals surface area contributed by atoms with Crippen molar-refractivity contribution < 1.29 is 9.59 Å². The van der Waals surface area contributed by atoms with E-state index in [4.69, 9.17) is 11.6 Å². The molecule has 0 radical (unpaired) electrons. The zero-order valence-corrected chi connectivity index (χ0v) is 13.7. The number of carbonyl (C=O) groups is 2. The highest BCUT2D eigenvalue weighted by molar-refractivity contribution is 6.29. The maximum absolute atomic E-state index is 12.2. The number of pyridine rings is 1. The Hall–Kier alpha value is -1.62. The Labute approximate surface area is 130 Å². The molecule has 0 fully saturated rings. The van der Waals surface area contributed by atoms with Crippen molar-refractivity contribution >= 4 is 23.4 Å². The highest BCUT2D eigenvalue weighted by atomic mass is 35.5. The first-order valence-corrected chi connectivity index (χ1v) is 7.34. The van der Waals surface area contributed by atoms with Crippen LogP contribution in [-0.4, -0.2) is 30.4 Å². The predicted molar refractivity (Wildman–Crippen MR) is 83.4 cm³/mol. The number of rotatable bonds is 6. The molecular weight excluding hydrogens is 290 g/mol. The third-order valence-electron chi connectivity index (χ3n) is 3.15. The van der Waals surface area contributed by atoms with E-state index in [-0.39, 0.29) is 18.4 Å². The molecule has 0 aliphatic rings. The summed E-state index contributed by atoms with van der Waals surface area (Å²) >= 11 is 5.94. The normalized spacial score (nSPS) is 11.1. The summed E-state index contributed by atoms with van der Waals surface area (Å²) in [6.45, 7) is 5.82. The van der Waals surface area contributed by atoms with Gasteiger partial charge in [-0.1, -0.05) is 24.9 Å². The first-order valence-electron chi connectivity index (χ1n) is 6.97. The second-order valence-corrected chi connectivity index (χ2v) is 5.95.